The van der Waals surface area contributed by atoms with Crippen LogP contribution in [0, 0.1) is 5.92 Å². The van der Waals surface area contributed by atoms with E-state index >= 15 is 0 Å². The highest BCUT2D eigenvalue weighted by Crippen LogP contribution is 2.13. The molecule has 1 unspecified atom stereocenters. The zero-order valence-electron chi connectivity index (χ0n) is 9.84. The van der Waals surface area contributed by atoms with E-state index in [1.807, 2.05) is 30.3 Å². The van der Waals surface area contributed by atoms with Crippen molar-refractivity contribution in [3.8, 4) is 5.75 Å². The first-order valence-electron chi connectivity index (χ1n) is 5.84. The minimum absolute atomic E-state index is 0.348. The van der Waals surface area contributed by atoms with Crippen LogP contribution in [0.25, 0.3) is 0 Å². The maximum Gasteiger partial charge on any atom is 0.306 e. The molecule has 0 aliphatic carbocycles. The predicted molar refractivity (Wildman–Crippen MR) is 66.0 cm³/mol. The van der Waals surface area contributed by atoms with Gasteiger partial charge in [-0.2, -0.15) is 0 Å². The number of hydrogen-bond donors (Lipinski definition) is 2. The van der Waals surface area contributed by atoms with Crippen LogP contribution in [0.5, 0.6) is 5.75 Å². The van der Waals surface area contributed by atoms with Gasteiger partial charge in [0.2, 0.25) is 0 Å². The Morgan fingerprint density at radius 1 is 1.29 bits per heavy atom. The third-order valence-electron chi connectivity index (χ3n) is 2.57. The SMILES string of the molecule is NCCC(CCCOc1ccccc1)C(=O)O. The molecule has 0 aliphatic heterocycles. The number of carboxylic acid groups (broad SMARTS) is 1. The van der Waals surface area contributed by atoms with Gasteiger partial charge in [-0.05, 0) is 37.9 Å². The minimum Gasteiger partial charge on any atom is -0.494 e. The van der Waals surface area contributed by atoms with Crippen LogP contribution in [0.4, 0.5) is 0 Å². The largest absolute Gasteiger partial charge is 0.494 e. The molecular weight excluding hydrogens is 218 g/mol. The Hall–Kier alpha value is -1.55. The molecular formula is C13H19NO3. The molecule has 4 nitrogen and oxygen atoms in total. The van der Waals surface area contributed by atoms with E-state index in [9.17, 15) is 4.79 Å². The molecule has 0 aliphatic rings. The first-order valence-corrected chi connectivity index (χ1v) is 5.84. The maximum absolute atomic E-state index is 10.9. The van der Waals surface area contributed by atoms with Gasteiger partial charge in [0.1, 0.15) is 5.75 Å². The van der Waals surface area contributed by atoms with Crippen LogP contribution in [-0.4, -0.2) is 24.2 Å². The second-order valence-electron chi connectivity index (χ2n) is 3.92. The highest BCUT2D eigenvalue weighted by atomic mass is 16.5. The molecule has 4 heteroatoms. The molecule has 0 aromatic heterocycles. The lowest BCUT2D eigenvalue weighted by Crippen LogP contribution is -2.18. The lowest BCUT2D eigenvalue weighted by atomic mass is 10.00. The number of ether oxygens (including phenoxy) is 1. The van der Waals surface area contributed by atoms with E-state index in [-0.39, 0.29) is 5.92 Å². The normalized spacial score (nSPS) is 12.1. The zero-order chi connectivity index (χ0) is 12.5. The van der Waals surface area contributed by atoms with Crippen molar-refractivity contribution in [2.24, 2.45) is 11.7 Å². The van der Waals surface area contributed by atoms with E-state index < -0.39 is 5.97 Å². The smallest absolute Gasteiger partial charge is 0.306 e. The van der Waals surface area contributed by atoms with Crippen molar-refractivity contribution in [1.29, 1.82) is 0 Å². The summed E-state index contributed by atoms with van der Waals surface area (Å²) < 4.78 is 5.49. The molecule has 0 saturated heterocycles. The highest BCUT2D eigenvalue weighted by molar-refractivity contribution is 5.69. The van der Waals surface area contributed by atoms with E-state index in [0.29, 0.717) is 26.0 Å². The molecule has 0 amide bonds. The van der Waals surface area contributed by atoms with Gasteiger partial charge in [0.05, 0.1) is 12.5 Å². The number of hydrogen-bond acceptors (Lipinski definition) is 3. The molecule has 3 N–H and O–H groups in total. The topological polar surface area (TPSA) is 72.5 Å². The summed E-state index contributed by atoms with van der Waals surface area (Å²) in [5, 5.41) is 8.92. The monoisotopic (exact) mass is 237 g/mol. The van der Waals surface area contributed by atoms with E-state index in [0.717, 1.165) is 12.2 Å². The Kier molecular flexibility index (Phi) is 6.10. The van der Waals surface area contributed by atoms with Gasteiger partial charge in [-0.25, -0.2) is 0 Å². The van der Waals surface area contributed by atoms with Crippen molar-refractivity contribution >= 4 is 5.97 Å². The molecule has 0 bridgehead atoms. The van der Waals surface area contributed by atoms with Crippen molar-refractivity contribution in [2.45, 2.75) is 19.3 Å². The summed E-state index contributed by atoms with van der Waals surface area (Å²) in [5.74, 6) is -0.298. The molecule has 94 valence electrons. The summed E-state index contributed by atoms with van der Waals surface area (Å²) in [6, 6.07) is 9.51. The van der Waals surface area contributed by atoms with Crippen LogP contribution in [0.3, 0.4) is 0 Å². The van der Waals surface area contributed by atoms with Crippen LogP contribution < -0.4 is 10.5 Å². The maximum atomic E-state index is 10.9. The van der Waals surface area contributed by atoms with E-state index in [4.69, 9.17) is 15.6 Å². The summed E-state index contributed by atoms with van der Waals surface area (Å²) in [4.78, 5) is 10.9. The fourth-order valence-corrected chi connectivity index (χ4v) is 1.63. The van der Waals surface area contributed by atoms with Gasteiger partial charge < -0.3 is 15.6 Å². The average Bonchev–Trinajstić information content (AvgIpc) is 2.34. The summed E-state index contributed by atoms with van der Waals surface area (Å²) in [6.45, 7) is 0.953. The molecule has 0 saturated carbocycles. The number of carboxylic acids is 1. The Morgan fingerprint density at radius 2 is 2.00 bits per heavy atom. The predicted octanol–water partition coefficient (Wildman–Crippen LogP) is 1.90. The third kappa shape index (κ3) is 5.36. The van der Waals surface area contributed by atoms with E-state index in [2.05, 4.69) is 0 Å². The van der Waals surface area contributed by atoms with Gasteiger partial charge in [0, 0.05) is 0 Å². The number of benzene rings is 1. The molecule has 1 atom stereocenters. The second-order valence-corrected chi connectivity index (χ2v) is 3.92. The average molecular weight is 237 g/mol. The van der Waals surface area contributed by atoms with Crippen molar-refractivity contribution in [2.75, 3.05) is 13.2 Å². The van der Waals surface area contributed by atoms with Crippen LogP contribution in [-0.2, 0) is 4.79 Å². The Morgan fingerprint density at radius 3 is 2.59 bits per heavy atom. The van der Waals surface area contributed by atoms with Crippen molar-refractivity contribution < 1.29 is 14.6 Å². The first-order chi connectivity index (χ1) is 8.24. The first kappa shape index (κ1) is 13.5. The van der Waals surface area contributed by atoms with Crippen LogP contribution in [0.1, 0.15) is 19.3 Å². The van der Waals surface area contributed by atoms with Gasteiger partial charge in [-0.1, -0.05) is 18.2 Å². The number of rotatable bonds is 8. The lowest BCUT2D eigenvalue weighted by Gasteiger charge is -2.11. The molecule has 1 rings (SSSR count). The Balaban J connectivity index is 2.20. The third-order valence-corrected chi connectivity index (χ3v) is 2.57. The number of para-hydroxylation sites is 1. The molecule has 17 heavy (non-hydrogen) atoms. The van der Waals surface area contributed by atoms with Gasteiger partial charge in [-0.3, -0.25) is 4.79 Å². The van der Waals surface area contributed by atoms with Crippen molar-refractivity contribution in [3.63, 3.8) is 0 Å². The summed E-state index contributed by atoms with van der Waals surface area (Å²) in [5.41, 5.74) is 5.37. The lowest BCUT2D eigenvalue weighted by molar-refractivity contribution is -0.142. The standard InChI is InChI=1S/C13H19NO3/c14-9-8-11(13(15)16)5-4-10-17-12-6-2-1-3-7-12/h1-3,6-7,11H,4-5,8-10,14H2,(H,15,16). The quantitative estimate of drug-likeness (QED) is 0.677. The van der Waals surface area contributed by atoms with Gasteiger partial charge in [0.15, 0.2) is 0 Å². The molecule has 0 spiro atoms. The molecule has 0 heterocycles. The van der Waals surface area contributed by atoms with Crippen molar-refractivity contribution in [1.82, 2.24) is 0 Å². The van der Waals surface area contributed by atoms with Crippen molar-refractivity contribution in [3.05, 3.63) is 30.3 Å². The van der Waals surface area contributed by atoms with Crippen LogP contribution >= 0.6 is 0 Å². The Labute approximate surface area is 101 Å². The van der Waals surface area contributed by atoms with E-state index in [1.165, 1.54) is 0 Å². The second kappa shape index (κ2) is 7.68. The molecule has 1 aromatic rings. The number of carbonyl (C=O) groups is 1. The molecule has 1 aromatic carbocycles. The molecule has 0 fully saturated rings. The van der Waals surface area contributed by atoms with E-state index in [1.54, 1.807) is 0 Å². The summed E-state index contributed by atoms with van der Waals surface area (Å²) in [7, 11) is 0. The number of nitrogens with two attached hydrogens (primary N) is 1. The Bertz CT molecular complexity index is 327. The molecule has 0 radical (unpaired) electrons. The van der Waals surface area contributed by atoms with Gasteiger partial charge in [0.25, 0.3) is 0 Å². The number of aliphatic carboxylic acids is 1. The van der Waals surface area contributed by atoms with Crippen LogP contribution in [0.2, 0.25) is 0 Å². The van der Waals surface area contributed by atoms with Crippen LogP contribution in [0.15, 0.2) is 30.3 Å². The highest BCUT2D eigenvalue weighted by Gasteiger charge is 2.15. The van der Waals surface area contributed by atoms with Gasteiger partial charge >= 0.3 is 5.97 Å². The fourth-order valence-electron chi connectivity index (χ4n) is 1.63. The zero-order valence-corrected chi connectivity index (χ0v) is 9.84. The minimum atomic E-state index is -0.768. The van der Waals surface area contributed by atoms with Gasteiger partial charge in [-0.15, -0.1) is 0 Å². The summed E-state index contributed by atoms with van der Waals surface area (Å²) in [6.07, 6.45) is 1.87. The summed E-state index contributed by atoms with van der Waals surface area (Å²) >= 11 is 0. The fraction of sp³-hybridized carbons (Fsp3) is 0.462.